The van der Waals surface area contributed by atoms with Crippen molar-refractivity contribution in [3.63, 3.8) is 0 Å². The maximum atomic E-state index is 12.0. The molecular weight excluding hydrogens is 407 g/mol. The number of amides is 1. The lowest BCUT2D eigenvalue weighted by atomic mass is 10.2. The van der Waals surface area contributed by atoms with Crippen LogP contribution in [0.3, 0.4) is 0 Å². The van der Waals surface area contributed by atoms with Crippen molar-refractivity contribution in [2.75, 3.05) is 0 Å². The maximum absolute atomic E-state index is 12.0. The van der Waals surface area contributed by atoms with Gasteiger partial charge in [-0.15, -0.1) is 11.3 Å². The van der Waals surface area contributed by atoms with E-state index in [-0.39, 0.29) is 10.6 Å². The standard InChI is InChI=1S/C19H12Cl2N2O3S/c20-13-5-8-15(16(21)10-13)18(24)23-22-11-12-3-6-14(7-4-12)26-19(25)17-2-1-9-27-17/h1-11H,(H,23,24). The van der Waals surface area contributed by atoms with Gasteiger partial charge in [-0.2, -0.15) is 5.10 Å². The summed E-state index contributed by atoms with van der Waals surface area (Å²) in [5.41, 5.74) is 3.38. The molecule has 1 heterocycles. The molecule has 0 unspecified atom stereocenters. The number of nitrogens with one attached hydrogen (secondary N) is 1. The smallest absolute Gasteiger partial charge is 0.353 e. The van der Waals surface area contributed by atoms with Crippen LogP contribution in [0.5, 0.6) is 5.75 Å². The highest BCUT2D eigenvalue weighted by Crippen LogP contribution is 2.21. The van der Waals surface area contributed by atoms with E-state index in [0.717, 1.165) is 0 Å². The molecule has 0 radical (unpaired) electrons. The van der Waals surface area contributed by atoms with E-state index in [4.69, 9.17) is 27.9 Å². The summed E-state index contributed by atoms with van der Waals surface area (Å²) in [7, 11) is 0. The molecule has 0 aliphatic heterocycles. The van der Waals surface area contributed by atoms with Crippen LogP contribution in [0, 0.1) is 0 Å². The van der Waals surface area contributed by atoms with Crippen molar-refractivity contribution in [3.8, 4) is 5.75 Å². The molecule has 136 valence electrons. The van der Waals surface area contributed by atoms with Crippen molar-refractivity contribution in [2.45, 2.75) is 0 Å². The molecule has 5 nitrogen and oxygen atoms in total. The van der Waals surface area contributed by atoms with E-state index in [1.807, 2.05) is 5.38 Å². The molecule has 0 spiro atoms. The lowest BCUT2D eigenvalue weighted by Crippen LogP contribution is -2.18. The van der Waals surface area contributed by atoms with Crippen LogP contribution in [0.15, 0.2) is 65.1 Å². The zero-order valence-corrected chi connectivity index (χ0v) is 16.0. The number of hydrogen-bond acceptors (Lipinski definition) is 5. The van der Waals surface area contributed by atoms with Crippen LogP contribution in [0.1, 0.15) is 25.6 Å². The van der Waals surface area contributed by atoms with E-state index in [1.165, 1.54) is 29.7 Å². The maximum Gasteiger partial charge on any atom is 0.353 e. The third-order valence-corrected chi connectivity index (χ3v) is 4.77. The summed E-state index contributed by atoms with van der Waals surface area (Å²) in [5.74, 6) is -0.435. The summed E-state index contributed by atoms with van der Waals surface area (Å²) in [5, 5.41) is 6.38. The number of carbonyl (C=O) groups is 2. The first-order valence-corrected chi connectivity index (χ1v) is 9.31. The Bertz CT molecular complexity index is 987. The van der Waals surface area contributed by atoms with Gasteiger partial charge in [-0.05, 0) is 59.5 Å². The Hall–Kier alpha value is -2.67. The summed E-state index contributed by atoms with van der Waals surface area (Å²) in [6.45, 7) is 0. The van der Waals surface area contributed by atoms with Gasteiger partial charge in [0.05, 0.1) is 16.8 Å². The summed E-state index contributed by atoms with van der Waals surface area (Å²) in [6.07, 6.45) is 1.46. The Morgan fingerprint density at radius 1 is 1.07 bits per heavy atom. The molecular formula is C19H12Cl2N2O3S. The fourth-order valence-electron chi connectivity index (χ4n) is 2.07. The number of esters is 1. The Balaban J connectivity index is 1.57. The number of thiophene rings is 1. The third kappa shape index (κ3) is 5.17. The van der Waals surface area contributed by atoms with Gasteiger partial charge in [0, 0.05) is 5.02 Å². The minimum Gasteiger partial charge on any atom is -0.422 e. The molecule has 27 heavy (non-hydrogen) atoms. The van der Waals surface area contributed by atoms with Crippen LogP contribution < -0.4 is 10.2 Å². The van der Waals surface area contributed by atoms with Gasteiger partial charge >= 0.3 is 5.97 Å². The van der Waals surface area contributed by atoms with Crippen molar-refractivity contribution >= 4 is 52.6 Å². The fraction of sp³-hybridized carbons (Fsp3) is 0. The highest BCUT2D eigenvalue weighted by Gasteiger charge is 2.10. The van der Waals surface area contributed by atoms with Crippen LogP contribution in [0.4, 0.5) is 0 Å². The zero-order valence-electron chi connectivity index (χ0n) is 13.7. The highest BCUT2D eigenvalue weighted by atomic mass is 35.5. The lowest BCUT2D eigenvalue weighted by Gasteiger charge is -2.04. The first kappa shape index (κ1) is 19.1. The molecule has 0 aliphatic rings. The molecule has 0 saturated heterocycles. The SMILES string of the molecule is O=C(Oc1ccc(C=NNC(=O)c2ccc(Cl)cc2Cl)cc1)c1cccs1. The number of halogens is 2. The molecule has 0 atom stereocenters. The summed E-state index contributed by atoms with van der Waals surface area (Å²) < 4.78 is 5.27. The molecule has 0 aliphatic carbocycles. The first-order valence-electron chi connectivity index (χ1n) is 7.67. The quantitative estimate of drug-likeness (QED) is 0.273. The van der Waals surface area contributed by atoms with E-state index in [0.29, 0.717) is 21.2 Å². The second-order valence-corrected chi connectivity index (χ2v) is 7.05. The van der Waals surface area contributed by atoms with Crippen molar-refractivity contribution in [1.29, 1.82) is 0 Å². The van der Waals surface area contributed by atoms with Gasteiger partial charge in [0.15, 0.2) is 0 Å². The normalized spacial score (nSPS) is 10.7. The van der Waals surface area contributed by atoms with Gasteiger partial charge in [0.2, 0.25) is 0 Å². The van der Waals surface area contributed by atoms with Crippen LogP contribution >= 0.6 is 34.5 Å². The molecule has 0 saturated carbocycles. The minimum absolute atomic E-state index is 0.243. The second-order valence-electron chi connectivity index (χ2n) is 5.26. The van der Waals surface area contributed by atoms with Crippen LogP contribution in [-0.2, 0) is 0 Å². The van der Waals surface area contributed by atoms with Gasteiger partial charge in [0.1, 0.15) is 10.6 Å². The Morgan fingerprint density at radius 2 is 1.85 bits per heavy atom. The van der Waals surface area contributed by atoms with Gasteiger partial charge in [0.25, 0.3) is 5.91 Å². The van der Waals surface area contributed by atoms with Crippen molar-refractivity contribution in [3.05, 3.63) is 86.0 Å². The molecule has 1 aromatic heterocycles. The Labute approximate surface area is 169 Å². The average Bonchev–Trinajstić information content (AvgIpc) is 3.18. The average molecular weight is 419 g/mol. The van der Waals surface area contributed by atoms with Crippen molar-refractivity contribution in [2.24, 2.45) is 5.10 Å². The molecule has 2 aromatic carbocycles. The Morgan fingerprint density at radius 3 is 2.52 bits per heavy atom. The molecule has 3 aromatic rings. The number of rotatable bonds is 5. The third-order valence-electron chi connectivity index (χ3n) is 3.37. The molecule has 0 bridgehead atoms. The monoisotopic (exact) mass is 418 g/mol. The molecule has 1 N–H and O–H groups in total. The van der Waals surface area contributed by atoms with Gasteiger partial charge in [-0.1, -0.05) is 29.3 Å². The summed E-state index contributed by atoms with van der Waals surface area (Å²) in [4.78, 5) is 24.5. The van der Waals surface area contributed by atoms with E-state index in [2.05, 4.69) is 10.5 Å². The molecule has 3 rings (SSSR count). The number of hydrogen-bond donors (Lipinski definition) is 1. The number of nitrogens with zero attached hydrogens (tertiary/aromatic N) is 1. The van der Waals surface area contributed by atoms with E-state index >= 15 is 0 Å². The minimum atomic E-state index is -0.450. The van der Waals surface area contributed by atoms with E-state index < -0.39 is 11.9 Å². The van der Waals surface area contributed by atoms with E-state index in [1.54, 1.807) is 42.5 Å². The zero-order chi connectivity index (χ0) is 19.2. The van der Waals surface area contributed by atoms with Crippen molar-refractivity contribution in [1.82, 2.24) is 5.43 Å². The van der Waals surface area contributed by atoms with Crippen LogP contribution in [0.25, 0.3) is 0 Å². The number of hydrazone groups is 1. The fourth-order valence-corrected chi connectivity index (χ4v) is 3.17. The summed E-state index contributed by atoms with van der Waals surface area (Å²) in [6, 6.07) is 14.8. The van der Waals surface area contributed by atoms with Crippen LogP contribution in [-0.4, -0.2) is 18.1 Å². The summed E-state index contributed by atoms with van der Waals surface area (Å²) >= 11 is 13.1. The number of carbonyl (C=O) groups excluding carboxylic acids is 2. The number of benzene rings is 2. The second kappa shape index (κ2) is 8.81. The highest BCUT2D eigenvalue weighted by molar-refractivity contribution is 7.12. The van der Waals surface area contributed by atoms with Crippen molar-refractivity contribution < 1.29 is 14.3 Å². The van der Waals surface area contributed by atoms with E-state index in [9.17, 15) is 9.59 Å². The van der Waals surface area contributed by atoms with Gasteiger partial charge in [-0.3, -0.25) is 4.79 Å². The largest absolute Gasteiger partial charge is 0.422 e. The lowest BCUT2D eigenvalue weighted by molar-refractivity contribution is 0.0739. The molecule has 1 amide bonds. The van der Waals surface area contributed by atoms with Gasteiger partial charge < -0.3 is 4.74 Å². The topological polar surface area (TPSA) is 67.8 Å². The molecule has 8 heteroatoms. The first-order chi connectivity index (χ1) is 13.0. The Kier molecular flexibility index (Phi) is 6.24. The predicted octanol–water partition coefficient (Wildman–Crippen LogP) is 5.04. The molecule has 0 fully saturated rings. The van der Waals surface area contributed by atoms with Crippen LogP contribution in [0.2, 0.25) is 10.0 Å². The number of ether oxygens (including phenoxy) is 1. The predicted molar refractivity (Wildman–Crippen MR) is 107 cm³/mol. The van der Waals surface area contributed by atoms with Gasteiger partial charge in [-0.25, -0.2) is 10.2 Å².